The van der Waals surface area contributed by atoms with Gasteiger partial charge in [0.05, 0.1) is 5.60 Å². The van der Waals surface area contributed by atoms with Crippen molar-refractivity contribution in [1.82, 2.24) is 0 Å². The minimum absolute atomic E-state index is 0.0382. The summed E-state index contributed by atoms with van der Waals surface area (Å²) in [6.45, 7) is 14.6. The van der Waals surface area contributed by atoms with Gasteiger partial charge >= 0.3 is 0 Å². The molecule has 12 heavy (non-hydrogen) atoms. The standard InChI is InChI=1S/C11H20O/c1-8-10(4,5)9(2,3)7-11(8,6)12/h12H,1,7H2,2-6H3. The first kappa shape index (κ1) is 9.79. The molecule has 0 aromatic heterocycles. The van der Waals surface area contributed by atoms with Crippen molar-refractivity contribution >= 4 is 0 Å². The molecule has 70 valence electrons. The van der Waals surface area contributed by atoms with E-state index in [1.165, 1.54) is 0 Å². The Labute approximate surface area is 75.5 Å². The molecule has 1 aliphatic rings. The molecule has 0 radical (unpaired) electrons. The average molecular weight is 168 g/mol. The molecular weight excluding hydrogens is 148 g/mol. The highest BCUT2D eigenvalue weighted by Gasteiger charge is 2.54. The third-order valence-corrected chi connectivity index (χ3v) is 3.88. The Morgan fingerprint density at radius 3 is 1.67 bits per heavy atom. The molecule has 0 amide bonds. The maximum absolute atomic E-state index is 10.0. The molecule has 1 aliphatic carbocycles. The highest BCUT2D eigenvalue weighted by molar-refractivity contribution is 5.29. The van der Waals surface area contributed by atoms with E-state index in [1.807, 2.05) is 6.92 Å². The average Bonchev–Trinajstić information content (AvgIpc) is 1.90. The second-order valence-electron chi connectivity index (χ2n) is 5.44. The van der Waals surface area contributed by atoms with Gasteiger partial charge in [-0.05, 0) is 29.7 Å². The van der Waals surface area contributed by atoms with E-state index in [4.69, 9.17) is 0 Å². The molecule has 0 spiro atoms. The van der Waals surface area contributed by atoms with Crippen molar-refractivity contribution in [2.24, 2.45) is 10.8 Å². The van der Waals surface area contributed by atoms with Crippen molar-refractivity contribution in [2.75, 3.05) is 0 Å². The van der Waals surface area contributed by atoms with E-state index in [0.717, 1.165) is 12.0 Å². The minimum Gasteiger partial charge on any atom is -0.386 e. The lowest BCUT2D eigenvalue weighted by Gasteiger charge is -2.35. The van der Waals surface area contributed by atoms with Gasteiger partial charge in [0, 0.05) is 0 Å². The van der Waals surface area contributed by atoms with Gasteiger partial charge in [-0.25, -0.2) is 0 Å². The third kappa shape index (κ3) is 1.03. The van der Waals surface area contributed by atoms with Crippen LogP contribution in [-0.2, 0) is 0 Å². The van der Waals surface area contributed by atoms with Crippen LogP contribution in [-0.4, -0.2) is 10.7 Å². The molecule has 1 unspecified atom stereocenters. The van der Waals surface area contributed by atoms with Crippen molar-refractivity contribution in [2.45, 2.75) is 46.6 Å². The van der Waals surface area contributed by atoms with Crippen molar-refractivity contribution in [1.29, 1.82) is 0 Å². The summed E-state index contributed by atoms with van der Waals surface area (Å²) in [6.07, 6.45) is 0.811. The smallest absolute Gasteiger partial charge is 0.0836 e. The molecule has 0 heterocycles. The first-order chi connectivity index (χ1) is 5.11. The zero-order chi connectivity index (χ0) is 9.78. The summed E-state index contributed by atoms with van der Waals surface area (Å²) < 4.78 is 0. The van der Waals surface area contributed by atoms with Gasteiger partial charge in [0.2, 0.25) is 0 Å². The maximum atomic E-state index is 10.0. The molecule has 0 aromatic carbocycles. The van der Waals surface area contributed by atoms with Crippen molar-refractivity contribution < 1.29 is 5.11 Å². The molecule has 1 heteroatoms. The summed E-state index contributed by atoms with van der Waals surface area (Å²) in [7, 11) is 0. The highest BCUT2D eigenvalue weighted by atomic mass is 16.3. The fourth-order valence-electron chi connectivity index (χ4n) is 2.27. The van der Waals surface area contributed by atoms with Gasteiger partial charge in [0.1, 0.15) is 0 Å². The van der Waals surface area contributed by atoms with E-state index < -0.39 is 5.60 Å². The van der Waals surface area contributed by atoms with Crippen LogP contribution in [0.4, 0.5) is 0 Å². The number of aliphatic hydroxyl groups is 1. The second kappa shape index (κ2) is 2.14. The predicted molar refractivity (Wildman–Crippen MR) is 51.9 cm³/mol. The lowest BCUT2D eigenvalue weighted by Crippen LogP contribution is -2.27. The Balaban J connectivity index is 3.14. The van der Waals surface area contributed by atoms with E-state index in [1.54, 1.807) is 0 Å². The summed E-state index contributed by atoms with van der Waals surface area (Å²) in [5.74, 6) is 0. The number of hydrogen-bond donors (Lipinski definition) is 1. The fraction of sp³-hybridized carbons (Fsp3) is 0.818. The highest BCUT2D eigenvalue weighted by Crippen LogP contribution is 2.58. The first-order valence-electron chi connectivity index (χ1n) is 4.53. The molecule has 1 atom stereocenters. The summed E-state index contributed by atoms with van der Waals surface area (Å²) in [6, 6.07) is 0. The zero-order valence-corrected chi connectivity index (χ0v) is 8.86. The van der Waals surface area contributed by atoms with Gasteiger partial charge < -0.3 is 5.11 Å². The summed E-state index contributed by atoms with van der Waals surface area (Å²) in [5, 5.41) is 10.0. The van der Waals surface area contributed by atoms with Gasteiger partial charge in [-0.3, -0.25) is 0 Å². The molecule has 1 saturated carbocycles. The van der Waals surface area contributed by atoms with Crippen LogP contribution in [0.15, 0.2) is 12.2 Å². The quantitative estimate of drug-likeness (QED) is 0.551. The minimum atomic E-state index is -0.674. The SMILES string of the molecule is C=C1C(C)(O)CC(C)(C)C1(C)C. The molecule has 0 aromatic rings. The number of hydrogen-bond acceptors (Lipinski definition) is 1. The fourth-order valence-corrected chi connectivity index (χ4v) is 2.27. The molecule has 1 rings (SSSR count). The Bertz CT molecular complexity index is 221. The maximum Gasteiger partial charge on any atom is 0.0836 e. The lowest BCUT2D eigenvalue weighted by molar-refractivity contribution is 0.0841. The van der Waals surface area contributed by atoms with Gasteiger partial charge in [0.25, 0.3) is 0 Å². The van der Waals surface area contributed by atoms with Gasteiger partial charge in [0.15, 0.2) is 0 Å². The van der Waals surface area contributed by atoms with Crippen LogP contribution in [0, 0.1) is 10.8 Å². The van der Waals surface area contributed by atoms with Crippen LogP contribution in [0.2, 0.25) is 0 Å². The zero-order valence-electron chi connectivity index (χ0n) is 8.86. The van der Waals surface area contributed by atoms with Crippen LogP contribution in [0.5, 0.6) is 0 Å². The second-order valence-corrected chi connectivity index (χ2v) is 5.44. The van der Waals surface area contributed by atoms with Crippen molar-refractivity contribution in [3.8, 4) is 0 Å². The van der Waals surface area contributed by atoms with Crippen LogP contribution in [0.3, 0.4) is 0 Å². The van der Waals surface area contributed by atoms with Crippen LogP contribution in [0.1, 0.15) is 41.0 Å². The van der Waals surface area contributed by atoms with E-state index in [2.05, 4.69) is 34.3 Å². The number of rotatable bonds is 0. The van der Waals surface area contributed by atoms with Gasteiger partial charge in [-0.15, -0.1) is 0 Å². The molecule has 1 N–H and O–H groups in total. The Morgan fingerprint density at radius 2 is 1.58 bits per heavy atom. The first-order valence-corrected chi connectivity index (χ1v) is 4.53. The Kier molecular flexibility index (Phi) is 1.74. The monoisotopic (exact) mass is 168 g/mol. The van der Waals surface area contributed by atoms with E-state index in [0.29, 0.717) is 0 Å². The third-order valence-electron chi connectivity index (χ3n) is 3.88. The van der Waals surface area contributed by atoms with E-state index in [-0.39, 0.29) is 10.8 Å². The van der Waals surface area contributed by atoms with E-state index in [9.17, 15) is 5.11 Å². The Hall–Kier alpha value is -0.300. The van der Waals surface area contributed by atoms with Crippen LogP contribution >= 0.6 is 0 Å². The molecule has 0 bridgehead atoms. The summed E-state index contributed by atoms with van der Waals surface area (Å²) >= 11 is 0. The predicted octanol–water partition coefficient (Wildman–Crippen LogP) is 2.75. The summed E-state index contributed by atoms with van der Waals surface area (Å²) in [5.41, 5.74) is 0.483. The van der Waals surface area contributed by atoms with Gasteiger partial charge in [-0.1, -0.05) is 34.3 Å². The lowest BCUT2D eigenvalue weighted by atomic mass is 9.69. The molecule has 0 aliphatic heterocycles. The van der Waals surface area contributed by atoms with Gasteiger partial charge in [-0.2, -0.15) is 0 Å². The summed E-state index contributed by atoms with van der Waals surface area (Å²) in [4.78, 5) is 0. The van der Waals surface area contributed by atoms with E-state index >= 15 is 0 Å². The molecule has 0 saturated heterocycles. The van der Waals surface area contributed by atoms with Crippen molar-refractivity contribution in [3.63, 3.8) is 0 Å². The molecule has 1 fully saturated rings. The van der Waals surface area contributed by atoms with Crippen molar-refractivity contribution in [3.05, 3.63) is 12.2 Å². The van der Waals surface area contributed by atoms with Crippen LogP contribution in [0.25, 0.3) is 0 Å². The largest absolute Gasteiger partial charge is 0.386 e. The normalized spacial score (nSPS) is 38.7. The molecular formula is C11H20O. The molecule has 1 nitrogen and oxygen atoms in total. The van der Waals surface area contributed by atoms with Crippen LogP contribution < -0.4 is 0 Å². The Morgan fingerprint density at radius 1 is 1.17 bits per heavy atom. The topological polar surface area (TPSA) is 20.2 Å².